The van der Waals surface area contributed by atoms with Crippen LogP contribution >= 0.6 is 0 Å². The lowest BCUT2D eigenvalue weighted by molar-refractivity contribution is -0.114. The van der Waals surface area contributed by atoms with Crippen LogP contribution in [-0.2, 0) is 4.79 Å². The van der Waals surface area contributed by atoms with Gasteiger partial charge in [-0.3, -0.25) is 14.4 Å². The minimum absolute atomic E-state index is 0.00907. The summed E-state index contributed by atoms with van der Waals surface area (Å²) in [5, 5.41) is 8.57. The second-order valence-corrected chi connectivity index (χ2v) is 6.40. The van der Waals surface area contributed by atoms with Gasteiger partial charge < -0.3 is 16.0 Å². The number of pyridine rings is 1. The Morgan fingerprint density at radius 3 is 1.76 bits per heavy atom. The van der Waals surface area contributed by atoms with E-state index in [2.05, 4.69) is 20.9 Å². The molecule has 3 rings (SSSR count). The van der Waals surface area contributed by atoms with Crippen molar-refractivity contribution in [2.24, 2.45) is 0 Å². The summed E-state index contributed by atoms with van der Waals surface area (Å²) in [5.74, 6) is 0.144. The predicted octanol–water partition coefficient (Wildman–Crippen LogP) is 4.24. The number of carbonyl (C=O) groups excluding carboxylic acids is 3. The van der Waals surface area contributed by atoms with Crippen molar-refractivity contribution >= 4 is 40.5 Å². The number of rotatable bonds is 6. The fourth-order valence-corrected chi connectivity index (χ4v) is 2.58. The highest BCUT2D eigenvalue weighted by Gasteiger charge is 2.08. The third-order valence-electron chi connectivity index (χ3n) is 4.05. The van der Waals surface area contributed by atoms with Gasteiger partial charge in [0.05, 0.1) is 5.56 Å². The Bertz CT molecular complexity index is 1030. The Hall–Kier alpha value is -4.00. The Balaban J connectivity index is 1.61. The smallest absolute Gasteiger partial charge is 0.257 e. The Labute approximate surface area is 168 Å². The molecule has 146 valence electrons. The van der Waals surface area contributed by atoms with E-state index in [-0.39, 0.29) is 17.6 Å². The first-order valence-corrected chi connectivity index (χ1v) is 8.94. The zero-order chi connectivity index (χ0) is 20.8. The second kappa shape index (κ2) is 8.79. The second-order valence-electron chi connectivity index (χ2n) is 6.40. The van der Waals surface area contributed by atoms with E-state index in [0.29, 0.717) is 28.3 Å². The third-order valence-corrected chi connectivity index (χ3v) is 4.05. The Morgan fingerprint density at radius 1 is 0.690 bits per heavy atom. The molecule has 0 unspecified atom stereocenters. The van der Waals surface area contributed by atoms with Gasteiger partial charge in [0, 0.05) is 35.7 Å². The number of hydrogen-bond donors (Lipinski definition) is 3. The van der Waals surface area contributed by atoms with Crippen LogP contribution in [0.3, 0.4) is 0 Å². The number of nitrogens with one attached hydrogen (secondary N) is 3. The summed E-state index contributed by atoms with van der Waals surface area (Å²) in [5.41, 5.74) is 3.11. The fraction of sp³-hybridized carbons (Fsp3) is 0.0909. The highest BCUT2D eigenvalue weighted by Crippen LogP contribution is 2.17. The molecule has 7 nitrogen and oxygen atoms in total. The molecule has 0 saturated carbocycles. The summed E-state index contributed by atoms with van der Waals surface area (Å²) in [6.07, 6.45) is 1.48. The van der Waals surface area contributed by atoms with Gasteiger partial charge in [0.1, 0.15) is 5.82 Å². The molecule has 2 aromatic carbocycles. The zero-order valence-corrected chi connectivity index (χ0v) is 16.0. The van der Waals surface area contributed by atoms with Crippen molar-refractivity contribution in [2.75, 3.05) is 16.0 Å². The van der Waals surface area contributed by atoms with E-state index in [1.807, 2.05) is 0 Å². The zero-order valence-electron chi connectivity index (χ0n) is 16.0. The molecule has 0 spiro atoms. The van der Waals surface area contributed by atoms with Crippen LogP contribution in [0.4, 0.5) is 22.9 Å². The van der Waals surface area contributed by atoms with Crippen molar-refractivity contribution < 1.29 is 14.4 Å². The number of Topliss-reactive ketones (excluding diaryl/α,β-unsaturated/α-hetero) is 1. The van der Waals surface area contributed by atoms with Crippen LogP contribution in [0.2, 0.25) is 0 Å². The number of amides is 2. The number of aromatic nitrogens is 1. The maximum Gasteiger partial charge on any atom is 0.257 e. The van der Waals surface area contributed by atoms with Gasteiger partial charge in [0.15, 0.2) is 5.78 Å². The van der Waals surface area contributed by atoms with Crippen LogP contribution < -0.4 is 16.0 Å². The number of benzene rings is 2. The van der Waals surface area contributed by atoms with Crippen LogP contribution in [0.15, 0.2) is 66.9 Å². The average Bonchev–Trinajstić information content (AvgIpc) is 2.70. The standard InChI is InChI=1S/C22H20N4O3/c1-14(27)16-3-6-19(7-4-16)25-21-12-5-17(13-23-21)22(29)26-20-10-8-18(9-11-20)24-15(2)28/h3-13H,1-2H3,(H,23,25)(H,24,28)(H,26,29). The van der Waals surface area contributed by atoms with Crippen LogP contribution in [0.25, 0.3) is 0 Å². The van der Waals surface area contributed by atoms with Crippen molar-refractivity contribution in [2.45, 2.75) is 13.8 Å². The first-order chi connectivity index (χ1) is 13.9. The molecule has 2 amide bonds. The van der Waals surface area contributed by atoms with Crippen molar-refractivity contribution in [3.05, 3.63) is 78.0 Å². The molecule has 1 aromatic heterocycles. The third kappa shape index (κ3) is 5.49. The van der Waals surface area contributed by atoms with Crippen molar-refractivity contribution in [1.82, 2.24) is 4.98 Å². The molecule has 3 aromatic rings. The van der Waals surface area contributed by atoms with Crippen molar-refractivity contribution in [1.29, 1.82) is 0 Å². The quantitative estimate of drug-likeness (QED) is 0.549. The number of ketones is 1. The van der Waals surface area contributed by atoms with Crippen LogP contribution in [0.5, 0.6) is 0 Å². The van der Waals surface area contributed by atoms with Crippen LogP contribution in [-0.4, -0.2) is 22.6 Å². The predicted molar refractivity (Wildman–Crippen MR) is 113 cm³/mol. The summed E-state index contributed by atoms with van der Waals surface area (Å²) >= 11 is 0. The fourth-order valence-electron chi connectivity index (χ4n) is 2.58. The van der Waals surface area contributed by atoms with E-state index < -0.39 is 0 Å². The highest BCUT2D eigenvalue weighted by atomic mass is 16.2. The minimum atomic E-state index is -0.290. The lowest BCUT2D eigenvalue weighted by atomic mass is 10.1. The first-order valence-electron chi connectivity index (χ1n) is 8.94. The molecule has 0 fully saturated rings. The first kappa shape index (κ1) is 19.8. The molecule has 0 bridgehead atoms. The molecule has 0 aliphatic carbocycles. The maximum atomic E-state index is 12.4. The van der Waals surface area contributed by atoms with Gasteiger partial charge in [-0.2, -0.15) is 0 Å². The molecular weight excluding hydrogens is 368 g/mol. The van der Waals surface area contributed by atoms with E-state index in [1.54, 1.807) is 60.7 Å². The van der Waals surface area contributed by atoms with Crippen molar-refractivity contribution in [3.63, 3.8) is 0 Å². The van der Waals surface area contributed by atoms with Crippen molar-refractivity contribution in [3.8, 4) is 0 Å². The lowest BCUT2D eigenvalue weighted by Gasteiger charge is -2.09. The lowest BCUT2D eigenvalue weighted by Crippen LogP contribution is -2.12. The monoisotopic (exact) mass is 388 g/mol. The van der Waals surface area contributed by atoms with Gasteiger partial charge in [-0.25, -0.2) is 4.98 Å². The van der Waals surface area contributed by atoms with Crippen LogP contribution in [0.1, 0.15) is 34.6 Å². The molecule has 0 saturated heterocycles. The Kier molecular flexibility index (Phi) is 5.99. The summed E-state index contributed by atoms with van der Waals surface area (Å²) in [6, 6.07) is 17.3. The number of nitrogens with zero attached hydrogens (tertiary/aromatic N) is 1. The van der Waals surface area contributed by atoms with Gasteiger partial charge in [-0.05, 0) is 67.6 Å². The molecule has 0 aliphatic heterocycles. The molecule has 1 heterocycles. The maximum absolute atomic E-state index is 12.4. The Morgan fingerprint density at radius 2 is 1.24 bits per heavy atom. The van der Waals surface area contributed by atoms with E-state index in [0.717, 1.165) is 5.69 Å². The summed E-state index contributed by atoms with van der Waals surface area (Å²) in [6.45, 7) is 2.95. The SMILES string of the molecule is CC(=O)Nc1ccc(NC(=O)c2ccc(Nc3ccc(C(C)=O)cc3)nc2)cc1. The van der Waals surface area contributed by atoms with Gasteiger partial charge >= 0.3 is 0 Å². The average molecular weight is 388 g/mol. The molecule has 7 heteroatoms. The van der Waals surface area contributed by atoms with E-state index in [4.69, 9.17) is 0 Å². The van der Waals surface area contributed by atoms with E-state index in [1.165, 1.54) is 20.0 Å². The topological polar surface area (TPSA) is 100 Å². The van der Waals surface area contributed by atoms with Gasteiger partial charge in [0.25, 0.3) is 5.91 Å². The van der Waals surface area contributed by atoms with Gasteiger partial charge in [-0.1, -0.05) is 0 Å². The van der Waals surface area contributed by atoms with E-state index >= 15 is 0 Å². The number of carbonyl (C=O) groups is 3. The minimum Gasteiger partial charge on any atom is -0.340 e. The van der Waals surface area contributed by atoms with Crippen LogP contribution in [0, 0.1) is 0 Å². The molecule has 0 atom stereocenters. The largest absolute Gasteiger partial charge is 0.340 e. The summed E-state index contributed by atoms with van der Waals surface area (Å²) in [7, 11) is 0. The molecular formula is C22H20N4O3. The van der Waals surface area contributed by atoms with Gasteiger partial charge in [-0.15, -0.1) is 0 Å². The molecule has 29 heavy (non-hydrogen) atoms. The summed E-state index contributed by atoms with van der Waals surface area (Å²) in [4.78, 5) is 39.0. The summed E-state index contributed by atoms with van der Waals surface area (Å²) < 4.78 is 0. The highest BCUT2D eigenvalue weighted by molar-refractivity contribution is 6.04. The van der Waals surface area contributed by atoms with Gasteiger partial charge in [0.2, 0.25) is 5.91 Å². The normalized spacial score (nSPS) is 10.1. The molecule has 0 aliphatic rings. The number of anilines is 4. The number of hydrogen-bond acceptors (Lipinski definition) is 5. The molecule has 0 radical (unpaired) electrons. The van der Waals surface area contributed by atoms with E-state index in [9.17, 15) is 14.4 Å². The molecule has 3 N–H and O–H groups in total.